The molecule has 0 bridgehead atoms. The number of hydrogen-bond acceptors (Lipinski definition) is 7. The molecule has 0 radical (unpaired) electrons. The number of hydrogen-bond donors (Lipinski definition) is 2. The number of aromatic nitrogens is 2. The highest BCUT2D eigenvalue weighted by Crippen LogP contribution is 2.43. The second-order valence-corrected chi connectivity index (χ2v) is 7.00. The van der Waals surface area contributed by atoms with Crippen LogP contribution in [0.25, 0.3) is 0 Å². The van der Waals surface area contributed by atoms with Crippen LogP contribution in [-0.2, 0) is 4.79 Å². The number of nitrogens with one attached hydrogen (secondary N) is 2. The average molecular weight is 403 g/mol. The van der Waals surface area contributed by atoms with Gasteiger partial charge in [-0.3, -0.25) is 9.59 Å². The van der Waals surface area contributed by atoms with Crippen molar-refractivity contribution in [2.24, 2.45) is 0 Å². The molecule has 0 aliphatic carbocycles. The maximum absolute atomic E-state index is 12.8. The Morgan fingerprint density at radius 3 is 2.50 bits per heavy atom. The van der Waals surface area contributed by atoms with Crippen LogP contribution in [0.2, 0.25) is 0 Å². The van der Waals surface area contributed by atoms with Gasteiger partial charge in [0.25, 0.3) is 5.56 Å². The van der Waals surface area contributed by atoms with Gasteiger partial charge in [-0.25, -0.2) is 4.98 Å². The molecule has 1 aromatic heterocycles. The van der Waals surface area contributed by atoms with Gasteiger partial charge in [0.05, 0.1) is 26.9 Å². The summed E-state index contributed by atoms with van der Waals surface area (Å²) in [5.41, 5.74) is 0.724. The van der Waals surface area contributed by atoms with Gasteiger partial charge in [0, 0.05) is 29.7 Å². The van der Waals surface area contributed by atoms with Crippen molar-refractivity contribution in [1.82, 2.24) is 9.97 Å². The third-order valence-electron chi connectivity index (χ3n) is 4.38. The minimum atomic E-state index is -0.534. The van der Waals surface area contributed by atoms with Crippen molar-refractivity contribution in [3.63, 3.8) is 0 Å². The molecule has 2 aromatic rings. The molecule has 1 amide bonds. The Bertz CT molecular complexity index is 973. The summed E-state index contributed by atoms with van der Waals surface area (Å²) in [4.78, 5) is 32.3. The highest BCUT2D eigenvalue weighted by Gasteiger charge is 2.33. The van der Waals surface area contributed by atoms with E-state index in [1.165, 1.54) is 33.1 Å². The van der Waals surface area contributed by atoms with Crippen LogP contribution >= 0.6 is 11.8 Å². The van der Waals surface area contributed by atoms with Crippen molar-refractivity contribution in [2.75, 3.05) is 32.4 Å². The van der Waals surface area contributed by atoms with Crippen molar-refractivity contribution >= 4 is 23.5 Å². The molecular weight excluding hydrogens is 382 g/mol. The first-order valence-electron chi connectivity index (χ1n) is 8.50. The van der Waals surface area contributed by atoms with Crippen molar-refractivity contribution in [3.05, 3.63) is 46.3 Å². The second kappa shape index (κ2) is 8.39. The molecule has 0 spiro atoms. The Morgan fingerprint density at radius 2 is 1.86 bits per heavy atom. The van der Waals surface area contributed by atoms with Crippen LogP contribution in [0.15, 0.2) is 34.7 Å². The molecule has 1 atom stereocenters. The molecular formula is C19H21N3O5S. The largest absolute Gasteiger partial charge is 0.496 e. The summed E-state index contributed by atoms with van der Waals surface area (Å²) >= 11 is 1.33. The van der Waals surface area contributed by atoms with Crippen LogP contribution in [0.3, 0.4) is 0 Å². The lowest BCUT2D eigenvalue weighted by Gasteiger charge is -2.26. The van der Waals surface area contributed by atoms with E-state index in [-0.39, 0.29) is 23.7 Å². The van der Waals surface area contributed by atoms with Crippen LogP contribution in [0.5, 0.6) is 17.2 Å². The van der Waals surface area contributed by atoms with Gasteiger partial charge >= 0.3 is 0 Å². The van der Waals surface area contributed by atoms with Gasteiger partial charge in [-0.1, -0.05) is 17.8 Å². The van der Waals surface area contributed by atoms with E-state index in [2.05, 4.69) is 21.9 Å². The number of aromatic amines is 1. The van der Waals surface area contributed by atoms with Gasteiger partial charge in [-0.2, -0.15) is 0 Å². The molecule has 0 saturated carbocycles. The van der Waals surface area contributed by atoms with Gasteiger partial charge in [-0.15, -0.1) is 6.58 Å². The summed E-state index contributed by atoms with van der Waals surface area (Å²) in [5.74, 6) is 1.55. The zero-order valence-electron chi connectivity index (χ0n) is 15.8. The van der Waals surface area contributed by atoms with E-state index in [1.54, 1.807) is 18.2 Å². The van der Waals surface area contributed by atoms with Crippen molar-refractivity contribution in [1.29, 1.82) is 0 Å². The van der Waals surface area contributed by atoms with Gasteiger partial charge in [-0.05, 0) is 6.07 Å². The van der Waals surface area contributed by atoms with Crippen molar-refractivity contribution in [2.45, 2.75) is 17.5 Å². The summed E-state index contributed by atoms with van der Waals surface area (Å²) < 4.78 is 16.2. The van der Waals surface area contributed by atoms with Gasteiger partial charge < -0.3 is 24.5 Å². The number of nitrogens with zero attached hydrogens (tertiary/aromatic N) is 1. The normalized spacial score (nSPS) is 15.4. The number of methoxy groups -OCH3 is 3. The van der Waals surface area contributed by atoms with Gasteiger partial charge in [0.15, 0.2) is 16.7 Å². The second-order valence-electron chi connectivity index (χ2n) is 5.99. The molecule has 2 N–H and O–H groups in total. The topological polar surface area (TPSA) is 103 Å². The Kier molecular flexibility index (Phi) is 5.93. The molecule has 1 aromatic carbocycles. The first-order chi connectivity index (χ1) is 13.5. The summed E-state index contributed by atoms with van der Waals surface area (Å²) in [6, 6.07) is 3.40. The summed E-state index contributed by atoms with van der Waals surface area (Å²) in [7, 11) is 4.57. The molecule has 3 rings (SSSR count). The van der Waals surface area contributed by atoms with Crippen molar-refractivity contribution < 1.29 is 19.0 Å². The molecule has 0 unspecified atom stereocenters. The number of ether oxygens (including phenoxy) is 3. The first-order valence-corrected chi connectivity index (χ1v) is 9.48. The van der Waals surface area contributed by atoms with E-state index < -0.39 is 5.92 Å². The van der Waals surface area contributed by atoms with Crippen molar-refractivity contribution in [3.8, 4) is 17.2 Å². The van der Waals surface area contributed by atoms with E-state index in [4.69, 9.17) is 14.2 Å². The Balaban J connectivity index is 2.16. The van der Waals surface area contributed by atoms with Crippen LogP contribution in [0.1, 0.15) is 23.5 Å². The predicted octanol–water partition coefficient (Wildman–Crippen LogP) is 2.55. The third-order valence-corrected chi connectivity index (χ3v) is 5.25. The Labute approximate surface area is 166 Å². The summed E-state index contributed by atoms with van der Waals surface area (Å²) in [6.07, 6.45) is 1.79. The predicted molar refractivity (Wildman–Crippen MR) is 107 cm³/mol. The molecule has 8 nitrogen and oxygen atoms in total. The maximum Gasteiger partial charge on any atom is 0.257 e. The van der Waals surface area contributed by atoms with E-state index >= 15 is 0 Å². The minimum absolute atomic E-state index is 0.0861. The number of thioether (sulfide) groups is 1. The lowest BCUT2D eigenvalue weighted by atomic mass is 9.86. The monoisotopic (exact) mass is 403 g/mol. The third kappa shape index (κ3) is 3.70. The number of carbonyl (C=O) groups excluding carboxylic acids is 1. The first kappa shape index (κ1) is 19.8. The maximum atomic E-state index is 12.8. The number of anilines is 1. The fourth-order valence-electron chi connectivity index (χ4n) is 3.15. The number of amides is 1. The molecule has 28 heavy (non-hydrogen) atoms. The quantitative estimate of drug-likeness (QED) is 0.416. The number of benzene rings is 1. The van der Waals surface area contributed by atoms with E-state index in [0.29, 0.717) is 39.3 Å². The Hall–Kier alpha value is -2.94. The average Bonchev–Trinajstić information content (AvgIpc) is 2.70. The van der Waals surface area contributed by atoms with E-state index in [9.17, 15) is 9.59 Å². The molecule has 148 valence electrons. The lowest BCUT2D eigenvalue weighted by molar-refractivity contribution is -0.116. The molecule has 0 fully saturated rings. The standard InChI is InChI=1S/C19H21N3O5S/c1-5-6-28-19-21-17-16(18(24)22-19)11(8-15(23)20-17)10-7-13(26-3)14(27-4)9-12(10)25-2/h5,7,9,11H,1,6,8H2,2-4H3,(H2,20,21,22,23,24)/t11-/m0/s1. The van der Waals surface area contributed by atoms with E-state index in [1.807, 2.05) is 0 Å². The molecule has 2 heterocycles. The summed E-state index contributed by atoms with van der Waals surface area (Å²) in [5, 5.41) is 3.12. The molecule has 0 saturated heterocycles. The fraction of sp³-hybridized carbons (Fsp3) is 0.316. The minimum Gasteiger partial charge on any atom is -0.496 e. The van der Waals surface area contributed by atoms with Crippen LogP contribution in [0, 0.1) is 0 Å². The zero-order chi connectivity index (χ0) is 20.3. The fourth-order valence-corrected chi connectivity index (χ4v) is 3.74. The molecule has 9 heteroatoms. The molecule has 1 aliphatic heterocycles. The number of rotatable bonds is 7. The lowest BCUT2D eigenvalue weighted by Crippen LogP contribution is -2.31. The molecule has 1 aliphatic rings. The number of H-pyrrole nitrogens is 1. The Morgan fingerprint density at radius 1 is 1.18 bits per heavy atom. The highest BCUT2D eigenvalue weighted by atomic mass is 32.2. The number of fused-ring (bicyclic) bond motifs is 1. The highest BCUT2D eigenvalue weighted by molar-refractivity contribution is 7.99. The van der Waals surface area contributed by atoms with Crippen LogP contribution < -0.4 is 25.1 Å². The van der Waals surface area contributed by atoms with E-state index in [0.717, 1.165) is 0 Å². The SMILES string of the molecule is C=CCSc1nc2c(c(=O)[nH]1)[C@H](c1cc(OC)c(OC)cc1OC)CC(=O)N2. The zero-order valence-corrected chi connectivity index (χ0v) is 16.6. The smallest absolute Gasteiger partial charge is 0.257 e. The number of carbonyl (C=O) groups is 1. The van der Waals surface area contributed by atoms with Gasteiger partial charge in [0.1, 0.15) is 11.6 Å². The van der Waals surface area contributed by atoms with Gasteiger partial charge in [0.2, 0.25) is 5.91 Å². The van der Waals surface area contributed by atoms with Crippen LogP contribution in [-0.4, -0.2) is 43.0 Å². The summed E-state index contributed by atoms with van der Waals surface area (Å²) in [6.45, 7) is 3.65. The van der Waals surface area contributed by atoms with Crippen LogP contribution in [0.4, 0.5) is 5.82 Å².